The highest BCUT2D eigenvalue weighted by molar-refractivity contribution is 7.89. The third-order valence-corrected chi connectivity index (χ3v) is 4.54. The molecule has 0 aliphatic carbocycles. The lowest BCUT2D eigenvalue weighted by atomic mass is 10.1. The van der Waals surface area contributed by atoms with E-state index in [1.165, 1.54) is 6.07 Å². The fraction of sp³-hybridized carbons (Fsp3) is 0.500. The summed E-state index contributed by atoms with van der Waals surface area (Å²) >= 11 is 0. The predicted molar refractivity (Wildman–Crippen MR) is 77.5 cm³/mol. The van der Waals surface area contributed by atoms with Crippen molar-refractivity contribution in [3.63, 3.8) is 0 Å². The SMILES string of the molecule is CCC(=O)c1ccc(C)c(S(=O)(=O)NCCCOC)c1. The summed E-state index contributed by atoms with van der Waals surface area (Å²) in [4.78, 5) is 11.8. The number of carbonyl (C=O) groups is 1. The lowest BCUT2D eigenvalue weighted by Crippen LogP contribution is -2.26. The van der Waals surface area contributed by atoms with Crippen molar-refractivity contribution < 1.29 is 17.9 Å². The summed E-state index contributed by atoms with van der Waals surface area (Å²) in [6, 6.07) is 4.76. The molecule has 5 nitrogen and oxygen atoms in total. The largest absolute Gasteiger partial charge is 0.385 e. The molecule has 0 aliphatic heterocycles. The zero-order valence-electron chi connectivity index (χ0n) is 12.1. The van der Waals surface area contributed by atoms with Crippen LogP contribution in [0.2, 0.25) is 0 Å². The molecule has 0 aliphatic rings. The van der Waals surface area contributed by atoms with Crippen LogP contribution in [0.15, 0.2) is 23.1 Å². The average Bonchev–Trinajstić information content (AvgIpc) is 2.43. The summed E-state index contributed by atoms with van der Waals surface area (Å²) < 4.78 is 31.8. The van der Waals surface area contributed by atoms with E-state index < -0.39 is 10.0 Å². The van der Waals surface area contributed by atoms with Gasteiger partial charge in [-0.3, -0.25) is 4.79 Å². The van der Waals surface area contributed by atoms with Gasteiger partial charge in [0.05, 0.1) is 4.90 Å². The molecule has 0 aromatic heterocycles. The van der Waals surface area contributed by atoms with Crippen LogP contribution in [0.25, 0.3) is 0 Å². The maximum Gasteiger partial charge on any atom is 0.240 e. The van der Waals surface area contributed by atoms with Crippen LogP contribution in [0.1, 0.15) is 35.7 Å². The molecule has 0 amide bonds. The molecule has 0 unspecified atom stereocenters. The van der Waals surface area contributed by atoms with Crippen molar-refractivity contribution in [3.05, 3.63) is 29.3 Å². The number of Topliss-reactive ketones (excluding diaryl/α,β-unsaturated/α-hetero) is 1. The van der Waals surface area contributed by atoms with Gasteiger partial charge in [-0.15, -0.1) is 0 Å². The normalized spacial score (nSPS) is 11.6. The van der Waals surface area contributed by atoms with Crippen molar-refractivity contribution in [2.24, 2.45) is 0 Å². The first-order chi connectivity index (χ1) is 9.42. The van der Waals surface area contributed by atoms with Crippen molar-refractivity contribution >= 4 is 15.8 Å². The molecule has 0 saturated carbocycles. The van der Waals surface area contributed by atoms with Gasteiger partial charge in [-0.05, 0) is 25.0 Å². The van der Waals surface area contributed by atoms with Crippen molar-refractivity contribution in [3.8, 4) is 0 Å². The van der Waals surface area contributed by atoms with Crippen LogP contribution in [-0.4, -0.2) is 34.5 Å². The van der Waals surface area contributed by atoms with E-state index >= 15 is 0 Å². The lowest BCUT2D eigenvalue weighted by Gasteiger charge is -2.10. The van der Waals surface area contributed by atoms with Crippen LogP contribution in [0, 0.1) is 6.92 Å². The molecule has 1 N–H and O–H groups in total. The fourth-order valence-electron chi connectivity index (χ4n) is 1.77. The maximum atomic E-state index is 12.2. The number of aryl methyl sites for hydroxylation is 1. The van der Waals surface area contributed by atoms with Crippen LogP contribution >= 0.6 is 0 Å². The Kier molecular flexibility index (Phi) is 6.32. The zero-order valence-corrected chi connectivity index (χ0v) is 12.9. The molecule has 0 heterocycles. The minimum atomic E-state index is -3.59. The molecular formula is C14H21NO4S. The number of methoxy groups -OCH3 is 1. The quantitative estimate of drug-likeness (QED) is 0.588. The van der Waals surface area contributed by atoms with E-state index in [2.05, 4.69) is 4.72 Å². The molecule has 0 saturated heterocycles. The van der Waals surface area contributed by atoms with Crippen LogP contribution in [0.4, 0.5) is 0 Å². The Hall–Kier alpha value is -1.24. The van der Waals surface area contributed by atoms with Crippen LogP contribution in [0.3, 0.4) is 0 Å². The molecule has 112 valence electrons. The Morgan fingerprint density at radius 3 is 2.65 bits per heavy atom. The third kappa shape index (κ3) is 4.40. The summed E-state index contributed by atoms with van der Waals surface area (Å²) in [5.74, 6) is -0.0687. The van der Waals surface area contributed by atoms with Gasteiger partial charge in [0.1, 0.15) is 0 Å². The van der Waals surface area contributed by atoms with E-state index in [1.807, 2.05) is 0 Å². The van der Waals surface area contributed by atoms with Gasteiger partial charge >= 0.3 is 0 Å². The summed E-state index contributed by atoms with van der Waals surface area (Å²) in [7, 11) is -2.03. The Morgan fingerprint density at radius 1 is 1.35 bits per heavy atom. The maximum absolute atomic E-state index is 12.2. The highest BCUT2D eigenvalue weighted by atomic mass is 32.2. The Morgan fingerprint density at radius 2 is 2.05 bits per heavy atom. The molecule has 1 aromatic rings. The first kappa shape index (κ1) is 16.8. The van der Waals surface area contributed by atoms with Gasteiger partial charge in [-0.25, -0.2) is 13.1 Å². The number of rotatable bonds is 8. The van der Waals surface area contributed by atoms with Crippen LogP contribution in [0.5, 0.6) is 0 Å². The number of sulfonamides is 1. The molecule has 0 radical (unpaired) electrons. The van der Waals surface area contributed by atoms with Crippen LogP contribution < -0.4 is 4.72 Å². The minimum Gasteiger partial charge on any atom is -0.385 e. The van der Waals surface area contributed by atoms with E-state index in [0.717, 1.165) is 0 Å². The summed E-state index contributed by atoms with van der Waals surface area (Å²) in [5, 5.41) is 0. The number of ether oxygens (including phenoxy) is 1. The third-order valence-electron chi connectivity index (χ3n) is 2.94. The number of hydrogen-bond acceptors (Lipinski definition) is 4. The van der Waals surface area contributed by atoms with Crippen molar-refractivity contribution in [2.45, 2.75) is 31.6 Å². The number of benzene rings is 1. The fourth-order valence-corrected chi connectivity index (χ4v) is 3.11. The molecular weight excluding hydrogens is 278 g/mol. The molecule has 0 spiro atoms. The molecule has 1 aromatic carbocycles. The number of ketones is 1. The van der Waals surface area contributed by atoms with E-state index in [9.17, 15) is 13.2 Å². The van der Waals surface area contributed by atoms with E-state index in [0.29, 0.717) is 37.1 Å². The minimum absolute atomic E-state index is 0.0687. The van der Waals surface area contributed by atoms with Gasteiger partial charge in [0, 0.05) is 32.2 Å². The highest BCUT2D eigenvalue weighted by Gasteiger charge is 2.18. The van der Waals surface area contributed by atoms with E-state index in [4.69, 9.17) is 4.74 Å². The second kappa shape index (κ2) is 7.52. The lowest BCUT2D eigenvalue weighted by molar-refractivity contribution is 0.0988. The van der Waals surface area contributed by atoms with Gasteiger partial charge in [0.15, 0.2) is 5.78 Å². The van der Waals surface area contributed by atoms with Gasteiger partial charge in [0.25, 0.3) is 0 Å². The predicted octanol–water partition coefficient (Wildman–Crippen LogP) is 1.90. The zero-order chi connectivity index (χ0) is 15.2. The first-order valence-electron chi connectivity index (χ1n) is 6.54. The van der Waals surface area contributed by atoms with Gasteiger partial charge in [0.2, 0.25) is 10.0 Å². The molecule has 20 heavy (non-hydrogen) atoms. The Bertz CT molecular complexity index is 567. The monoisotopic (exact) mass is 299 g/mol. The molecule has 6 heteroatoms. The second-order valence-electron chi connectivity index (χ2n) is 4.50. The van der Waals surface area contributed by atoms with E-state index in [-0.39, 0.29) is 10.7 Å². The van der Waals surface area contributed by atoms with Gasteiger partial charge in [-0.2, -0.15) is 0 Å². The summed E-state index contributed by atoms with van der Waals surface area (Å²) in [5.41, 5.74) is 1.05. The van der Waals surface area contributed by atoms with Crippen molar-refractivity contribution in [2.75, 3.05) is 20.3 Å². The molecule has 0 fully saturated rings. The molecule has 1 rings (SSSR count). The number of nitrogens with one attached hydrogen (secondary N) is 1. The second-order valence-corrected chi connectivity index (χ2v) is 6.24. The molecule has 0 atom stereocenters. The van der Waals surface area contributed by atoms with Crippen molar-refractivity contribution in [1.82, 2.24) is 4.72 Å². The Balaban J connectivity index is 2.96. The standard InChI is InChI=1S/C14H21NO4S/c1-4-13(16)12-7-6-11(2)14(10-12)20(17,18)15-8-5-9-19-3/h6-7,10,15H,4-5,8-9H2,1-3H3. The molecule has 0 bridgehead atoms. The summed E-state index contributed by atoms with van der Waals surface area (Å²) in [6.45, 7) is 4.26. The summed E-state index contributed by atoms with van der Waals surface area (Å²) in [6.07, 6.45) is 0.951. The first-order valence-corrected chi connectivity index (χ1v) is 8.03. The van der Waals surface area contributed by atoms with Crippen LogP contribution in [-0.2, 0) is 14.8 Å². The smallest absolute Gasteiger partial charge is 0.240 e. The number of hydrogen-bond donors (Lipinski definition) is 1. The van der Waals surface area contributed by atoms with Gasteiger partial charge < -0.3 is 4.74 Å². The number of carbonyl (C=O) groups excluding carboxylic acids is 1. The average molecular weight is 299 g/mol. The van der Waals surface area contributed by atoms with E-state index in [1.54, 1.807) is 33.1 Å². The van der Waals surface area contributed by atoms with Gasteiger partial charge in [-0.1, -0.05) is 19.1 Å². The topological polar surface area (TPSA) is 72.5 Å². The highest BCUT2D eigenvalue weighted by Crippen LogP contribution is 2.18. The Labute approximate surface area is 120 Å². The van der Waals surface area contributed by atoms with Crippen molar-refractivity contribution in [1.29, 1.82) is 0 Å².